The Morgan fingerprint density at radius 2 is 2.17 bits per heavy atom. The van der Waals surface area contributed by atoms with E-state index in [1.54, 1.807) is 48.0 Å². The average Bonchev–Trinajstić information content (AvgIpc) is 3.27. The number of amides is 1. The molecule has 2 aromatic heterocycles. The van der Waals surface area contributed by atoms with Crippen molar-refractivity contribution in [1.29, 1.82) is 0 Å². The number of benzene rings is 1. The largest absolute Gasteiger partial charge is 0.341 e. The number of hydrogen-bond donors (Lipinski definition) is 1. The van der Waals surface area contributed by atoms with Crippen LogP contribution in [-0.2, 0) is 6.54 Å². The van der Waals surface area contributed by atoms with Gasteiger partial charge in [0.05, 0.1) is 6.04 Å². The van der Waals surface area contributed by atoms with Crippen LogP contribution in [-0.4, -0.2) is 33.9 Å². The van der Waals surface area contributed by atoms with Crippen LogP contribution in [0.5, 0.6) is 0 Å². The predicted octanol–water partition coefficient (Wildman–Crippen LogP) is 4.06. The average molecular weight is 411 g/mol. The molecular formula is C22H23FN4OS. The van der Waals surface area contributed by atoms with Crippen LogP contribution in [0.1, 0.15) is 39.9 Å². The van der Waals surface area contributed by atoms with E-state index in [9.17, 15) is 9.18 Å². The second-order valence-electron chi connectivity index (χ2n) is 7.30. The van der Waals surface area contributed by atoms with Crippen molar-refractivity contribution in [2.45, 2.75) is 25.4 Å². The highest BCUT2D eigenvalue weighted by Crippen LogP contribution is 2.32. The van der Waals surface area contributed by atoms with Crippen molar-refractivity contribution >= 4 is 17.2 Å². The van der Waals surface area contributed by atoms with Crippen molar-refractivity contribution in [2.75, 3.05) is 13.1 Å². The Bertz CT molecular complexity index is 935. The molecule has 0 saturated carbocycles. The molecule has 1 aromatic carbocycles. The molecule has 150 valence electrons. The van der Waals surface area contributed by atoms with Gasteiger partial charge in [-0.3, -0.25) is 14.7 Å². The molecule has 29 heavy (non-hydrogen) atoms. The van der Waals surface area contributed by atoms with E-state index in [2.05, 4.69) is 20.2 Å². The number of pyridine rings is 1. The highest BCUT2D eigenvalue weighted by molar-refractivity contribution is 7.09. The lowest BCUT2D eigenvalue weighted by molar-refractivity contribution is 0.0873. The van der Waals surface area contributed by atoms with Crippen molar-refractivity contribution in [3.05, 3.63) is 82.3 Å². The standard InChI is InChI=1S/C22H23FN4OS/c23-18-7-3-5-16(13-18)14-27-11-4-6-17(15-27)20(22-25-10-12-29-22)26-21(28)19-8-1-2-9-24-19/h1-3,5,7-10,12-13,17,20H,4,6,11,14-15H2,(H,26,28)/t17-,20-/m1/s1. The van der Waals surface area contributed by atoms with Crippen LogP contribution < -0.4 is 5.32 Å². The summed E-state index contributed by atoms with van der Waals surface area (Å²) in [6, 6.07) is 11.9. The van der Waals surface area contributed by atoms with E-state index in [0.29, 0.717) is 12.2 Å². The van der Waals surface area contributed by atoms with Gasteiger partial charge in [-0.1, -0.05) is 18.2 Å². The highest BCUT2D eigenvalue weighted by atomic mass is 32.1. The molecule has 3 aromatic rings. The quantitative estimate of drug-likeness (QED) is 0.666. The van der Waals surface area contributed by atoms with Crippen LogP contribution in [0.2, 0.25) is 0 Å². The third kappa shape index (κ3) is 5.05. The van der Waals surface area contributed by atoms with Gasteiger partial charge in [0, 0.05) is 30.9 Å². The van der Waals surface area contributed by atoms with Crippen LogP contribution in [0.25, 0.3) is 0 Å². The summed E-state index contributed by atoms with van der Waals surface area (Å²) >= 11 is 1.55. The molecule has 4 rings (SSSR count). The van der Waals surface area contributed by atoms with Crippen molar-refractivity contribution in [2.24, 2.45) is 5.92 Å². The van der Waals surface area contributed by atoms with E-state index in [0.717, 1.165) is 36.5 Å². The van der Waals surface area contributed by atoms with Gasteiger partial charge in [-0.25, -0.2) is 9.37 Å². The van der Waals surface area contributed by atoms with Crippen LogP contribution in [0.3, 0.4) is 0 Å². The van der Waals surface area contributed by atoms with E-state index in [-0.39, 0.29) is 23.7 Å². The lowest BCUT2D eigenvalue weighted by Crippen LogP contribution is -2.42. The van der Waals surface area contributed by atoms with Gasteiger partial charge < -0.3 is 5.32 Å². The molecule has 2 atom stereocenters. The van der Waals surface area contributed by atoms with Gasteiger partial charge in [-0.05, 0) is 55.1 Å². The van der Waals surface area contributed by atoms with Gasteiger partial charge in [-0.15, -0.1) is 11.3 Å². The number of likely N-dealkylation sites (tertiary alicyclic amines) is 1. The topological polar surface area (TPSA) is 58.1 Å². The number of carbonyl (C=O) groups excluding carboxylic acids is 1. The summed E-state index contributed by atoms with van der Waals surface area (Å²) in [5.41, 5.74) is 1.37. The summed E-state index contributed by atoms with van der Waals surface area (Å²) in [6.07, 6.45) is 5.43. The zero-order valence-corrected chi connectivity index (χ0v) is 16.8. The molecule has 1 saturated heterocycles. The number of rotatable bonds is 6. The van der Waals surface area contributed by atoms with Gasteiger partial charge in [0.25, 0.3) is 5.91 Å². The van der Waals surface area contributed by atoms with E-state index in [4.69, 9.17) is 0 Å². The lowest BCUT2D eigenvalue weighted by atomic mass is 9.90. The molecule has 0 aliphatic carbocycles. The van der Waals surface area contributed by atoms with E-state index >= 15 is 0 Å². The second kappa shape index (κ2) is 9.24. The van der Waals surface area contributed by atoms with Gasteiger partial charge in [0.2, 0.25) is 0 Å². The molecule has 0 spiro atoms. The zero-order valence-electron chi connectivity index (χ0n) is 16.0. The van der Waals surface area contributed by atoms with Crippen molar-refractivity contribution < 1.29 is 9.18 Å². The Kier molecular flexibility index (Phi) is 6.27. The first-order valence-corrected chi connectivity index (χ1v) is 10.6. The zero-order chi connectivity index (χ0) is 20.1. The molecule has 0 unspecified atom stereocenters. The van der Waals surface area contributed by atoms with Gasteiger partial charge in [0.15, 0.2) is 0 Å². The number of nitrogens with zero attached hydrogens (tertiary/aromatic N) is 3. The first-order chi connectivity index (χ1) is 14.2. The SMILES string of the molecule is O=C(N[C@@H](c1nccs1)[C@@H]1CCCN(Cc2cccc(F)c2)C1)c1ccccn1. The third-order valence-electron chi connectivity index (χ3n) is 5.21. The maximum Gasteiger partial charge on any atom is 0.270 e. The number of carbonyl (C=O) groups is 1. The number of nitrogens with one attached hydrogen (secondary N) is 1. The molecule has 0 radical (unpaired) electrons. The van der Waals surface area contributed by atoms with Gasteiger partial charge in [-0.2, -0.15) is 0 Å². The van der Waals surface area contributed by atoms with E-state index in [1.165, 1.54) is 6.07 Å². The Balaban J connectivity index is 1.49. The van der Waals surface area contributed by atoms with Gasteiger partial charge in [0.1, 0.15) is 16.5 Å². The summed E-state index contributed by atoms with van der Waals surface area (Å²) < 4.78 is 13.5. The number of aromatic nitrogens is 2. The smallest absolute Gasteiger partial charge is 0.270 e. The Hall–Kier alpha value is -2.64. The van der Waals surface area contributed by atoms with E-state index in [1.807, 2.05) is 17.5 Å². The van der Waals surface area contributed by atoms with Crippen molar-refractivity contribution in [1.82, 2.24) is 20.2 Å². The second-order valence-corrected chi connectivity index (χ2v) is 8.23. The number of piperidine rings is 1. The molecule has 7 heteroatoms. The van der Waals surface area contributed by atoms with Crippen LogP contribution in [0.15, 0.2) is 60.2 Å². The molecular weight excluding hydrogens is 387 g/mol. The Labute approximate surface area is 173 Å². The Morgan fingerprint density at radius 3 is 2.93 bits per heavy atom. The summed E-state index contributed by atoms with van der Waals surface area (Å²) in [4.78, 5) is 23.7. The molecule has 1 amide bonds. The molecule has 5 nitrogen and oxygen atoms in total. The predicted molar refractivity (Wildman–Crippen MR) is 111 cm³/mol. The fraction of sp³-hybridized carbons (Fsp3) is 0.318. The third-order valence-corrected chi connectivity index (χ3v) is 6.07. The fourth-order valence-electron chi connectivity index (χ4n) is 3.88. The minimum Gasteiger partial charge on any atom is -0.341 e. The van der Waals surface area contributed by atoms with Crippen molar-refractivity contribution in [3.63, 3.8) is 0 Å². The number of hydrogen-bond acceptors (Lipinski definition) is 5. The monoisotopic (exact) mass is 410 g/mol. The molecule has 1 aliphatic rings. The summed E-state index contributed by atoms with van der Waals surface area (Å²) in [7, 11) is 0. The maximum atomic E-state index is 13.5. The number of halogens is 1. The molecule has 1 fully saturated rings. The van der Waals surface area contributed by atoms with Crippen LogP contribution >= 0.6 is 11.3 Å². The lowest BCUT2D eigenvalue weighted by Gasteiger charge is -2.36. The van der Waals surface area contributed by atoms with Crippen LogP contribution in [0, 0.1) is 11.7 Å². The summed E-state index contributed by atoms with van der Waals surface area (Å²) in [5.74, 6) is -0.163. The summed E-state index contributed by atoms with van der Waals surface area (Å²) in [6.45, 7) is 2.49. The van der Waals surface area contributed by atoms with Crippen molar-refractivity contribution in [3.8, 4) is 0 Å². The number of thiazole rings is 1. The van der Waals surface area contributed by atoms with E-state index < -0.39 is 0 Å². The normalized spacial score (nSPS) is 18.3. The van der Waals surface area contributed by atoms with Crippen LogP contribution in [0.4, 0.5) is 4.39 Å². The highest BCUT2D eigenvalue weighted by Gasteiger charge is 2.31. The summed E-state index contributed by atoms with van der Waals surface area (Å²) in [5, 5.41) is 6.00. The Morgan fingerprint density at radius 1 is 1.24 bits per heavy atom. The first-order valence-electron chi connectivity index (χ1n) is 9.77. The van der Waals surface area contributed by atoms with Gasteiger partial charge >= 0.3 is 0 Å². The first kappa shape index (κ1) is 19.7. The minimum atomic E-state index is -0.209. The molecule has 1 N–H and O–H groups in total. The molecule has 0 bridgehead atoms. The molecule has 3 heterocycles. The molecule has 1 aliphatic heterocycles. The maximum absolute atomic E-state index is 13.5. The fourth-order valence-corrected chi connectivity index (χ4v) is 4.66. The minimum absolute atomic E-state index is 0.167.